The van der Waals surface area contributed by atoms with Gasteiger partial charge in [-0.15, -0.1) is 6.42 Å². The fraction of sp³-hybridized carbons (Fsp3) is 0.263. The highest BCUT2D eigenvalue weighted by Gasteiger charge is 2.39. The Hall–Kier alpha value is -2.14. The van der Waals surface area contributed by atoms with Crippen LogP contribution >= 0.6 is 0 Å². The van der Waals surface area contributed by atoms with Crippen LogP contribution < -0.4 is 0 Å². The first-order chi connectivity index (χ1) is 12.3. The van der Waals surface area contributed by atoms with Crippen LogP contribution in [0.5, 0.6) is 0 Å². The van der Waals surface area contributed by atoms with E-state index in [-0.39, 0.29) is 29.4 Å². The Balaban J connectivity index is 2.08. The lowest BCUT2D eigenvalue weighted by atomic mass is 10.1. The second-order valence-corrected chi connectivity index (χ2v) is 10.3. The Labute approximate surface area is 154 Å². The number of hydrogen-bond donors (Lipinski definition) is 0. The van der Waals surface area contributed by atoms with Crippen LogP contribution in [0.25, 0.3) is 11.1 Å². The molecule has 3 rings (SSSR count). The van der Waals surface area contributed by atoms with Crippen molar-refractivity contribution in [3.8, 4) is 23.5 Å². The Morgan fingerprint density at radius 3 is 2.35 bits per heavy atom. The lowest BCUT2D eigenvalue weighted by molar-refractivity contribution is 0.371. The van der Waals surface area contributed by atoms with E-state index >= 15 is 0 Å². The fourth-order valence-corrected chi connectivity index (χ4v) is 6.79. The maximum Gasteiger partial charge on any atom is 0.244 e. The van der Waals surface area contributed by atoms with Crippen LogP contribution in [0.1, 0.15) is 6.42 Å². The number of nitrogens with zero attached hydrogens (tertiary/aromatic N) is 1. The summed E-state index contributed by atoms with van der Waals surface area (Å²) in [6, 6.07) is 15.2. The summed E-state index contributed by atoms with van der Waals surface area (Å²) in [6.45, 7) is -0.161. The molecule has 0 radical (unpaired) electrons. The normalized spacial score (nSPS) is 19.3. The molecule has 0 saturated carbocycles. The van der Waals surface area contributed by atoms with Crippen LogP contribution in [0.3, 0.4) is 0 Å². The number of sulfone groups is 1. The third-order valence-corrected chi connectivity index (χ3v) is 8.13. The van der Waals surface area contributed by atoms with Gasteiger partial charge in [-0.3, -0.25) is 0 Å². The van der Waals surface area contributed by atoms with Gasteiger partial charge >= 0.3 is 0 Å². The Morgan fingerprint density at radius 1 is 1.08 bits per heavy atom. The summed E-state index contributed by atoms with van der Waals surface area (Å²) >= 11 is 0. The summed E-state index contributed by atoms with van der Waals surface area (Å²) < 4.78 is 51.5. The van der Waals surface area contributed by atoms with Gasteiger partial charge in [0.2, 0.25) is 10.0 Å². The molecule has 1 unspecified atom stereocenters. The summed E-state index contributed by atoms with van der Waals surface area (Å²) in [5.41, 5.74) is 1.34. The lowest BCUT2D eigenvalue weighted by Crippen LogP contribution is -2.41. The minimum Gasteiger partial charge on any atom is -0.229 e. The van der Waals surface area contributed by atoms with Crippen molar-refractivity contribution in [2.24, 2.45) is 0 Å². The number of sulfonamides is 1. The fourth-order valence-electron chi connectivity index (χ4n) is 3.18. The van der Waals surface area contributed by atoms with Crippen molar-refractivity contribution in [3.05, 3.63) is 54.6 Å². The molecular weight excluding hydrogens is 370 g/mol. The maximum absolute atomic E-state index is 13.4. The van der Waals surface area contributed by atoms with Gasteiger partial charge in [-0.25, -0.2) is 16.8 Å². The third kappa shape index (κ3) is 3.68. The third-order valence-electron chi connectivity index (χ3n) is 4.42. The molecule has 0 N–H and O–H groups in total. The van der Waals surface area contributed by atoms with Gasteiger partial charge in [0, 0.05) is 11.6 Å². The molecule has 2 aromatic carbocycles. The summed E-state index contributed by atoms with van der Waals surface area (Å²) in [5.74, 6) is 2.15. The van der Waals surface area contributed by atoms with Crippen LogP contribution in [-0.2, 0) is 19.9 Å². The minimum absolute atomic E-state index is 0.0193. The predicted octanol–water partition coefficient (Wildman–Crippen LogP) is 2.16. The van der Waals surface area contributed by atoms with Crippen molar-refractivity contribution < 1.29 is 16.8 Å². The standard InChI is InChI=1S/C19H19NO4S2/c1-2-13-20(17-12-14-25(21,22)15-17)26(23,24)19-11-7-6-10-18(19)16-8-4-3-5-9-16/h1,3-11,17H,12-15H2. The van der Waals surface area contributed by atoms with Gasteiger partial charge in [-0.2, -0.15) is 4.31 Å². The number of hydrogen-bond acceptors (Lipinski definition) is 4. The van der Waals surface area contributed by atoms with Gasteiger partial charge in [0.1, 0.15) is 0 Å². The van der Waals surface area contributed by atoms with Gasteiger partial charge in [-0.1, -0.05) is 54.5 Å². The highest BCUT2D eigenvalue weighted by molar-refractivity contribution is 7.92. The molecular formula is C19H19NO4S2. The molecule has 1 atom stereocenters. The van der Waals surface area contributed by atoms with Crippen LogP contribution in [0.15, 0.2) is 59.5 Å². The van der Waals surface area contributed by atoms with Gasteiger partial charge in [-0.05, 0) is 18.1 Å². The number of rotatable bonds is 5. The first-order valence-corrected chi connectivity index (χ1v) is 11.4. The van der Waals surface area contributed by atoms with E-state index in [1.165, 1.54) is 6.07 Å². The molecule has 1 aliphatic heterocycles. The van der Waals surface area contributed by atoms with Crippen molar-refractivity contribution in [1.29, 1.82) is 0 Å². The molecule has 0 aliphatic carbocycles. The van der Waals surface area contributed by atoms with E-state index in [0.717, 1.165) is 9.87 Å². The van der Waals surface area contributed by atoms with Gasteiger partial charge in [0.25, 0.3) is 0 Å². The minimum atomic E-state index is -3.95. The van der Waals surface area contributed by atoms with Crippen LogP contribution in [0, 0.1) is 12.3 Å². The molecule has 1 heterocycles. The molecule has 0 spiro atoms. The Bertz CT molecular complexity index is 1040. The first kappa shape index (κ1) is 18.6. The molecule has 0 amide bonds. The predicted molar refractivity (Wildman–Crippen MR) is 102 cm³/mol. The average Bonchev–Trinajstić information content (AvgIpc) is 2.99. The number of terminal acetylenes is 1. The Kier molecular flexibility index (Phi) is 5.19. The zero-order valence-electron chi connectivity index (χ0n) is 14.1. The summed E-state index contributed by atoms with van der Waals surface area (Å²) in [4.78, 5) is 0.130. The van der Waals surface area contributed by atoms with Gasteiger partial charge < -0.3 is 0 Å². The smallest absolute Gasteiger partial charge is 0.229 e. The van der Waals surface area contributed by atoms with Crippen molar-refractivity contribution >= 4 is 19.9 Å². The second-order valence-electron chi connectivity index (χ2n) is 6.17. The van der Waals surface area contributed by atoms with Crippen molar-refractivity contribution in [2.75, 3.05) is 18.1 Å². The van der Waals surface area contributed by atoms with E-state index in [4.69, 9.17) is 6.42 Å². The van der Waals surface area contributed by atoms with Gasteiger partial charge in [0.05, 0.1) is 22.9 Å². The molecule has 7 heteroatoms. The topological polar surface area (TPSA) is 71.5 Å². The van der Waals surface area contributed by atoms with E-state index in [9.17, 15) is 16.8 Å². The SMILES string of the molecule is C#CCN(C1CCS(=O)(=O)C1)S(=O)(=O)c1ccccc1-c1ccccc1. The van der Waals surface area contributed by atoms with E-state index in [2.05, 4.69) is 5.92 Å². The Morgan fingerprint density at radius 2 is 1.73 bits per heavy atom. The van der Waals surface area contributed by atoms with Gasteiger partial charge in [0.15, 0.2) is 9.84 Å². The van der Waals surface area contributed by atoms with Crippen LogP contribution in [0.4, 0.5) is 0 Å². The number of benzene rings is 2. The van der Waals surface area contributed by atoms with Crippen LogP contribution in [-0.4, -0.2) is 45.2 Å². The zero-order chi connectivity index (χ0) is 18.8. The van der Waals surface area contributed by atoms with E-state index in [0.29, 0.717) is 5.56 Å². The molecule has 5 nitrogen and oxygen atoms in total. The monoisotopic (exact) mass is 389 g/mol. The average molecular weight is 389 g/mol. The highest BCUT2D eigenvalue weighted by atomic mass is 32.2. The van der Waals surface area contributed by atoms with E-state index in [1.54, 1.807) is 18.2 Å². The first-order valence-electron chi connectivity index (χ1n) is 8.15. The quantitative estimate of drug-likeness (QED) is 0.735. The second kappa shape index (κ2) is 7.23. The molecule has 0 bridgehead atoms. The zero-order valence-corrected chi connectivity index (χ0v) is 15.7. The molecule has 1 fully saturated rings. The molecule has 26 heavy (non-hydrogen) atoms. The summed E-state index contributed by atoms with van der Waals surface area (Å²) in [5, 5.41) is 0. The summed E-state index contributed by atoms with van der Waals surface area (Å²) in [6.07, 6.45) is 5.64. The highest BCUT2D eigenvalue weighted by Crippen LogP contribution is 2.31. The lowest BCUT2D eigenvalue weighted by Gasteiger charge is -2.26. The molecule has 1 saturated heterocycles. The maximum atomic E-state index is 13.4. The molecule has 2 aromatic rings. The molecule has 136 valence electrons. The summed E-state index contributed by atoms with van der Waals surface area (Å²) in [7, 11) is -7.19. The van der Waals surface area contributed by atoms with E-state index in [1.807, 2.05) is 30.3 Å². The van der Waals surface area contributed by atoms with E-state index < -0.39 is 25.9 Å². The molecule has 1 aliphatic rings. The molecule has 0 aromatic heterocycles. The van der Waals surface area contributed by atoms with Crippen molar-refractivity contribution in [2.45, 2.75) is 17.4 Å². The van der Waals surface area contributed by atoms with Crippen molar-refractivity contribution in [1.82, 2.24) is 4.31 Å². The van der Waals surface area contributed by atoms with Crippen LogP contribution in [0.2, 0.25) is 0 Å². The largest absolute Gasteiger partial charge is 0.244 e. The van der Waals surface area contributed by atoms with Crippen molar-refractivity contribution in [3.63, 3.8) is 0 Å².